The van der Waals surface area contributed by atoms with Crippen LogP contribution < -0.4 is 10.2 Å². The van der Waals surface area contributed by atoms with Crippen molar-refractivity contribution in [3.8, 4) is 0 Å². The third kappa shape index (κ3) is 3.38. The Kier molecular flexibility index (Phi) is 4.52. The molecule has 7 nitrogen and oxygen atoms in total. The van der Waals surface area contributed by atoms with Crippen molar-refractivity contribution in [1.82, 2.24) is 19.5 Å². The molecule has 1 atom stereocenters. The van der Waals surface area contributed by atoms with Gasteiger partial charge in [0.25, 0.3) is 0 Å². The largest absolute Gasteiger partial charge is 0.375 e. The number of aryl methyl sites for hydroxylation is 1. The molecule has 1 aromatic carbocycles. The van der Waals surface area contributed by atoms with Crippen molar-refractivity contribution in [2.75, 3.05) is 29.9 Å². The SMILES string of the molecule is CCn1ccc2ccc3cnc(Nc4ccc(N5CCOC(C)C5)cn4)nc3c21. The van der Waals surface area contributed by atoms with Gasteiger partial charge in [0.1, 0.15) is 11.3 Å². The third-order valence-electron chi connectivity index (χ3n) is 5.41. The number of rotatable bonds is 4. The van der Waals surface area contributed by atoms with Gasteiger partial charge in [-0.2, -0.15) is 0 Å². The molecule has 148 valence electrons. The Morgan fingerprint density at radius 3 is 2.79 bits per heavy atom. The molecule has 3 aromatic heterocycles. The first-order valence-corrected chi connectivity index (χ1v) is 10.1. The minimum Gasteiger partial charge on any atom is -0.375 e. The second-order valence-corrected chi connectivity index (χ2v) is 7.39. The summed E-state index contributed by atoms with van der Waals surface area (Å²) >= 11 is 0. The molecule has 0 saturated carbocycles. The Hall–Kier alpha value is -3.19. The monoisotopic (exact) mass is 388 g/mol. The van der Waals surface area contributed by atoms with Crippen molar-refractivity contribution in [3.05, 3.63) is 48.9 Å². The number of hydrogen-bond donors (Lipinski definition) is 1. The molecule has 0 bridgehead atoms. The fourth-order valence-electron chi connectivity index (χ4n) is 3.92. The number of nitrogens with zero attached hydrogens (tertiary/aromatic N) is 5. The third-order valence-corrected chi connectivity index (χ3v) is 5.41. The molecule has 4 heterocycles. The average Bonchev–Trinajstić information content (AvgIpc) is 3.18. The van der Waals surface area contributed by atoms with Gasteiger partial charge in [0.05, 0.1) is 30.1 Å². The molecule has 0 radical (unpaired) electrons. The molecule has 5 rings (SSSR count). The number of fused-ring (bicyclic) bond motifs is 3. The fraction of sp³-hybridized carbons (Fsp3) is 0.318. The second-order valence-electron chi connectivity index (χ2n) is 7.39. The predicted molar refractivity (Wildman–Crippen MR) is 116 cm³/mol. The Balaban J connectivity index is 1.42. The number of pyridine rings is 1. The van der Waals surface area contributed by atoms with Crippen LogP contribution in [-0.4, -0.2) is 45.3 Å². The number of aromatic nitrogens is 4. The smallest absolute Gasteiger partial charge is 0.228 e. The number of anilines is 3. The summed E-state index contributed by atoms with van der Waals surface area (Å²) in [6.07, 6.45) is 6.10. The van der Waals surface area contributed by atoms with Crippen molar-refractivity contribution in [2.45, 2.75) is 26.5 Å². The molecule has 1 aliphatic heterocycles. The van der Waals surface area contributed by atoms with Crippen LogP contribution in [0.25, 0.3) is 21.8 Å². The van der Waals surface area contributed by atoms with E-state index >= 15 is 0 Å². The summed E-state index contributed by atoms with van der Waals surface area (Å²) in [7, 11) is 0. The molecule has 1 saturated heterocycles. The van der Waals surface area contributed by atoms with Gasteiger partial charge in [0.2, 0.25) is 5.95 Å². The summed E-state index contributed by atoms with van der Waals surface area (Å²) in [5, 5.41) is 5.46. The van der Waals surface area contributed by atoms with Crippen molar-refractivity contribution in [2.24, 2.45) is 0 Å². The van der Waals surface area contributed by atoms with E-state index in [1.807, 2.05) is 18.5 Å². The first-order valence-electron chi connectivity index (χ1n) is 10.1. The highest BCUT2D eigenvalue weighted by atomic mass is 16.5. The Morgan fingerprint density at radius 1 is 1.10 bits per heavy atom. The van der Waals surface area contributed by atoms with Crippen LogP contribution in [0, 0.1) is 0 Å². The van der Waals surface area contributed by atoms with Crippen LogP contribution in [-0.2, 0) is 11.3 Å². The van der Waals surface area contributed by atoms with Gasteiger partial charge in [0, 0.05) is 42.8 Å². The molecule has 4 aromatic rings. The van der Waals surface area contributed by atoms with E-state index in [0.29, 0.717) is 5.95 Å². The molecule has 0 spiro atoms. The number of benzene rings is 1. The lowest BCUT2D eigenvalue weighted by Crippen LogP contribution is -2.41. The maximum absolute atomic E-state index is 5.62. The van der Waals surface area contributed by atoms with Crippen LogP contribution >= 0.6 is 0 Å². The maximum atomic E-state index is 5.62. The van der Waals surface area contributed by atoms with Crippen molar-refractivity contribution >= 4 is 39.3 Å². The van der Waals surface area contributed by atoms with E-state index in [2.05, 4.69) is 69.1 Å². The molecule has 0 amide bonds. The number of ether oxygens (including phenoxy) is 1. The summed E-state index contributed by atoms with van der Waals surface area (Å²) in [4.78, 5) is 16.1. The molecule has 1 unspecified atom stereocenters. The van der Waals surface area contributed by atoms with Gasteiger partial charge in [-0.05, 0) is 32.0 Å². The lowest BCUT2D eigenvalue weighted by atomic mass is 10.2. The highest BCUT2D eigenvalue weighted by Gasteiger charge is 2.17. The van der Waals surface area contributed by atoms with E-state index in [1.165, 1.54) is 5.39 Å². The van der Waals surface area contributed by atoms with Gasteiger partial charge in [-0.3, -0.25) is 0 Å². The van der Waals surface area contributed by atoms with Crippen LogP contribution in [0.4, 0.5) is 17.5 Å². The summed E-state index contributed by atoms with van der Waals surface area (Å²) in [5.41, 5.74) is 3.19. The Labute approximate surface area is 169 Å². The van der Waals surface area contributed by atoms with Crippen LogP contribution in [0.2, 0.25) is 0 Å². The topological polar surface area (TPSA) is 68.1 Å². The van der Waals surface area contributed by atoms with Gasteiger partial charge in [-0.1, -0.05) is 12.1 Å². The van der Waals surface area contributed by atoms with Crippen LogP contribution in [0.1, 0.15) is 13.8 Å². The van der Waals surface area contributed by atoms with Crippen LogP contribution in [0.3, 0.4) is 0 Å². The van der Waals surface area contributed by atoms with Gasteiger partial charge < -0.3 is 19.5 Å². The molecular weight excluding hydrogens is 364 g/mol. The first kappa shape index (κ1) is 17.9. The second kappa shape index (κ2) is 7.33. The van der Waals surface area contributed by atoms with Crippen molar-refractivity contribution in [1.29, 1.82) is 0 Å². The van der Waals surface area contributed by atoms with Gasteiger partial charge in [-0.25, -0.2) is 15.0 Å². The minimum absolute atomic E-state index is 0.242. The summed E-state index contributed by atoms with van der Waals surface area (Å²) in [5.74, 6) is 1.28. The average molecular weight is 388 g/mol. The Morgan fingerprint density at radius 2 is 2.00 bits per heavy atom. The molecular formula is C22H24N6O. The molecule has 7 heteroatoms. The van der Waals surface area contributed by atoms with Crippen LogP contribution in [0.5, 0.6) is 0 Å². The predicted octanol–water partition coefficient (Wildman–Crippen LogP) is 3.97. The zero-order valence-corrected chi connectivity index (χ0v) is 16.7. The fourth-order valence-corrected chi connectivity index (χ4v) is 3.92. The zero-order chi connectivity index (χ0) is 19.8. The molecule has 1 fully saturated rings. The number of hydrogen-bond acceptors (Lipinski definition) is 6. The van der Waals surface area contributed by atoms with Crippen molar-refractivity contribution < 1.29 is 4.74 Å². The maximum Gasteiger partial charge on any atom is 0.228 e. The summed E-state index contributed by atoms with van der Waals surface area (Å²) in [6, 6.07) is 10.4. The molecule has 1 N–H and O–H groups in total. The minimum atomic E-state index is 0.242. The first-order chi connectivity index (χ1) is 14.2. The molecule has 1 aliphatic rings. The lowest BCUT2D eigenvalue weighted by molar-refractivity contribution is 0.0532. The summed E-state index contributed by atoms with van der Waals surface area (Å²) in [6.45, 7) is 7.66. The van der Waals surface area contributed by atoms with Gasteiger partial charge >= 0.3 is 0 Å². The highest BCUT2D eigenvalue weighted by Crippen LogP contribution is 2.26. The summed E-state index contributed by atoms with van der Waals surface area (Å²) < 4.78 is 7.83. The van der Waals surface area contributed by atoms with E-state index in [1.54, 1.807) is 0 Å². The lowest BCUT2D eigenvalue weighted by Gasteiger charge is -2.32. The molecule has 29 heavy (non-hydrogen) atoms. The van der Waals surface area contributed by atoms with E-state index in [4.69, 9.17) is 9.72 Å². The van der Waals surface area contributed by atoms with Gasteiger partial charge in [-0.15, -0.1) is 0 Å². The quantitative estimate of drug-likeness (QED) is 0.571. The van der Waals surface area contributed by atoms with E-state index in [-0.39, 0.29) is 6.10 Å². The van der Waals surface area contributed by atoms with E-state index < -0.39 is 0 Å². The van der Waals surface area contributed by atoms with E-state index in [9.17, 15) is 0 Å². The Bertz CT molecular complexity index is 1150. The van der Waals surface area contributed by atoms with E-state index in [0.717, 1.165) is 54.2 Å². The highest BCUT2D eigenvalue weighted by molar-refractivity contribution is 6.03. The number of morpholine rings is 1. The standard InChI is InChI=1S/C22H24N6O/c1-3-27-9-8-16-4-5-17-12-24-22(26-20(17)21(16)27)25-19-7-6-18(13-23-19)28-10-11-29-15(2)14-28/h4-9,12-13,15H,3,10-11,14H2,1-2H3,(H,23,24,25,26). The number of nitrogens with one attached hydrogen (secondary N) is 1. The van der Waals surface area contributed by atoms with Crippen LogP contribution in [0.15, 0.2) is 48.9 Å². The normalized spacial score (nSPS) is 17.2. The molecule has 0 aliphatic carbocycles. The van der Waals surface area contributed by atoms with Gasteiger partial charge in [0.15, 0.2) is 0 Å². The zero-order valence-electron chi connectivity index (χ0n) is 16.7. The van der Waals surface area contributed by atoms with Crippen molar-refractivity contribution in [3.63, 3.8) is 0 Å².